The van der Waals surface area contributed by atoms with Crippen molar-refractivity contribution in [1.29, 1.82) is 0 Å². The van der Waals surface area contributed by atoms with E-state index in [2.05, 4.69) is 0 Å². The first-order valence-electron chi connectivity index (χ1n) is 5.30. The Morgan fingerprint density at radius 2 is 1.65 bits per heavy atom. The van der Waals surface area contributed by atoms with Gasteiger partial charge in [-0.3, -0.25) is 4.79 Å². The van der Waals surface area contributed by atoms with Crippen LogP contribution in [0.3, 0.4) is 0 Å². The fraction of sp³-hybridized carbons (Fsp3) is 0.0714. The van der Waals surface area contributed by atoms with Crippen molar-refractivity contribution >= 4 is 23.4 Å². The molecule has 2 aromatic rings. The van der Waals surface area contributed by atoms with E-state index in [1.54, 1.807) is 6.07 Å². The molecule has 2 rings (SSSR count). The summed E-state index contributed by atoms with van der Waals surface area (Å²) >= 11 is 5.88. The first-order chi connectivity index (χ1) is 8.18. The number of benzene rings is 2. The Labute approximate surface area is 106 Å². The van der Waals surface area contributed by atoms with E-state index in [9.17, 15) is 4.79 Å². The van der Waals surface area contributed by atoms with Crippen molar-refractivity contribution in [2.24, 2.45) is 0 Å². The number of hydrogen-bond acceptors (Lipinski definition) is 1. The van der Waals surface area contributed by atoms with Crippen LogP contribution in [0.2, 0.25) is 0 Å². The molecule has 0 radical (unpaired) electrons. The molecular weight excluding hydrogens is 234 g/mol. The third-order valence-corrected chi connectivity index (χ3v) is 2.89. The van der Waals surface area contributed by atoms with Crippen molar-refractivity contribution in [2.75, 3.05) is 4.42 Å². The van der Waals surface area contributed by atoms with E-state index in [1.807, 2.05) is 48.5 Å². The molecule has 0 heterocycles. The molecule has 2 nitrogen and oxygen atoms in total. The molecule has 0 aliphatic rings. The highest BCUT2D eigenvalue weighted by molar-refractivity contribution is 6.36. The number of halogens is 1. The predicted molar refractivity (Wildman–Crippen MR) is 70.9 cm³/mol. The molecule has 0 atom stereocenters. The largest absolute Gasteiger partial charge is 0.274 e. The smallest absolute Gasteiger partial charge is 0.238 e. The van der Waals surface area contributed by atoms with Gasteiger partial charge in [-0.1, -0.05) is 42.5 Å². The molecular formula is C14H12ClNO. The van der Waals surface area contributed by atoms with Crippen molar-refractivity contribution in [3.05, 3.63) is 54.6 Å². The van der Waals surface area contributed by atoms with Gasteiger partial charge in [0.15, 0.2) is 0 Å². The molecule has 0 fully saturated rings. The Morgan fingerprint density at radius 3 is 2.29 bits per heavy atom. The number of carbonyl (C=O) groups is 1. The number of amides is 1. The van der Waals surface area contributed by atoms with Crippen LogP contribution < -0.4 is 4.42 Å². The zero-order valence-corrected chi connectivity index (χ0v) is 10.2. The molecule has 2 aromatic carbocycles. The lowest BCUT2D eigenvalue weighted by Gasteiger charge is -2.12. The average Bonchev–Trinajstić information content (AvgIpc) is 2.39. The number of carbonyl (C=O) groups excluding carboxylic acids is 1. The van der Waals surface area contributed by atoms with Crippen molar-refractivity contribution in [1.82, 2.24) is 0 Å². The van der Waals surface area contributed by atoms with Gasteiger partial charge >= 0.3 is 0 Å². The average molecular weight is 246 g/mol. The molecule has 0 bridgehead atoms. The van der Waals surface area contributed by atoms with Gasteiger partial charge in [0.2, 0.25) is 5.91 Å². The Morgan fingerprint density at radius 1 is 1.00 bits per heavy atom. The summed E-state index contributed by atoms with van der Waals surface area (Å²) in [6, 6.07) is 17.5. The zero-order valence-electron chi connectivity index (χ0n) is 9.43. The van der Waals surface area contributed by atoms with Gasteiger partial charge in [-0.2, -0.15) is 0 Å². The second-order valence-corrected chi connectivity index (χ2v) is 4.05. The van der Waals surface area contributed by atoms with E-state index in [0.29, 0.717) is 5.69 Å². The van der Waals surface area contributed by atoms with Crippen LogP contribution >= 0.6 is 11.8 Å². The maximum Gasteiger partial charge on any atom is 0.238 e. The van der Waals surface area contributed by atoms with Crippen LogP contribution in [0.15, 0.2) is 54.6 Å². The Bertz CT molecular complexity index is 525. The fourth-order valence-electron chi connectivity index (χ4n) is 1.62. The van der Waals surface area contributed by atoms with Crippen LogP contribution in [0.4, 0.5) is 5.69 Å². The Balaban J connectivity index is 2.39. The third-order valence-electron chi connectivity index (χ3n) is 2.46. The first-order valence-corrected chi connectivity index (χ1v) is 5.64. The quantitative estimate of drug-likeness (QED) is 0.736. The number of rotatable bonds is 2. The maximum atomic E-state index is 11.2. The molecule has 0 unspecified atom stereocenters. The van der Waals surface area contributed by atoms with Gasteiger partial charge in [0, 0.05) is 18.7 Å². The molecule has 0 aromatic heterocycles. The van der Waals surface area contributed by atoms with Gasteiger partial charge in [0.1, 0.15) is 0 Å². The monoisotopic (exact) mass is 245 g/mol. The van der Waals surface area contributed by atoms with Gasteiger partial charge in [-0.05, 0) is 23.3 Å². The molecule has 17 heavy (non-hydrogen) atoms. The van der Waals surface area contributed by atoms with Gasteiger partial charge in [0.05, 0.1) is 5.69 Å². The lowest BCUT2D eigenvalue weighted by atomic mass is 10.1. The summed E-state index contributed by atoms with van der Waals surface area (Å²) in [6.45, 7) is 1.43. The molecule has 0 N–H and O–H groups in total. The minimum absolute atomic E-state index is 0.197. The molecule has 0 spiro atoms. The third kappa shape index (κ3) is 2.66. The van der Waals surface area contributed by atoms with E-state index in [1.165, 1.54) is 6.92 Å². The summed E-state index contributed by atoms with van der Waals surface area (Å²) in [4.78, 5) is 11.2. The van der Waals surface area contributed by atoms with Crippen LogP contribution in [0.1, 0.15) is 6.92 Å². The zero-order chi connectivity index (χ0) is 12.3. The standard InChI is InChI=1S/C14H12ClNO/c1-11(17)16(15)14-9-5-8-13(10-14)12-6-3-2-4-7-12/h2-10H,1H3. The summed E-state index contributed by atoms with van der Waals surface area (Å²) < 4.78 is 1.12. The van der Waals surface area contributed by atoms with E-state index in [-0.39, 0.29) is 5.91 Å². The van der Waals surface area contributed by atoms with Crippen molar-refractivity contribution < 1.29 is 4.79 Å². The molecule has 3 heteroatoms. The highest BCUT2D eigenvalue weighted by Crippen LogP contribution is 2.25. The highest BCUT2D eigenvalue weighted by Gasteiger charge is 2.08. The van der Waals surface area contributed by atoms with E-state index >= 15 is 0 Å². The number of anilines is 1. The van der Waals surface area contributed by atoms with E-state index in [0.717, 1.165) is 15.5 Å². The van der Waals surface area contributed by atoms with Crippen molar-refractivity contribution in [3.63, 3.8) is 0 Å². The summed E-state index contributed by atoms with van der Waals surface area (Å²) in [5.74, 6) is -0.197. The van der Waals surface area contributed by atoms with Crippen LogP contribution in [-0.4, -0.2) is 5.91 Å². The summed E-state index contributed by atoms with van der Waals surface area (Å²) in [5.41, 5.74) is 2.82. The first kappa shape index (κ1) is 11.7. The number of hydrogen-bond donors (Lipinski definition) is 0. The molecule has 0 aliphatic heterocycles. The Kier molecular flexibility index (Phi) is 3.45. The fourth-order valence-corrected chi connectivity index (χ4v) is 1.73. The minimum atomic E-state index is -0.197. The van der Waals surface area contributed by atoms with Gasteiger partial charge in [0.25, 0.3) is 0 Å². The van der Waals surface area contributed by atoms with E-state index in [4.69, 9.17) is 11.8 Å². The molecule has 0 saturated carbocycles. The van der Waals surface area contributed by atoms with Crippen LogP contribution in [0.25, 0.3) is 11.1 Å². The normalized spacial score (nSPS) is 10.0. The molecule has 0 saturated heterocycles. The SMILES string of the molecule is CC(=O)N(Cl)c1cccc(-c2ccccc2)c1. The molecule has 0 aliphatic carbocycles. The van der Waals surface area contributed by atoms with E-state index < -0.39 is 0 Å². The Hall–Kier alpha value is -1.80. The lowest BCUT2D eigenvalue weighted by molar-refractivity contribution is -0.115. The molecule has 86 valence electrons. The van der Waals surface area contributed by atoms with Crippen LogP contribution in [-0.2, 0) is 4.79 Å². The topological polar surface area (TPSA) is 20.3 Å². The van der Waals surface area contributed by atoms with Gasteiger partial charge in [-0.25, -0.2) is 4.42 Å². The van der Waals surface area contributed by atoms with Gasteiger partial charge in [-0.15, -0.1) is 0 Å². The minimum Gasteiger partial charge on any atom is -0.274 e. The highest BCUT2D eigenvalue weighted by atomic mass is 35.5. The lowest BCUT2D eigenvalue weighted by Crippen LogP contribution is -2.16. The van der Waals surface area contributed by atoms with Gasteiger partial charge < -0.3 is 0 Å². The summed E-state index contributed by atoms with van der Waals surface area (Å²) in [7, 11) is 0. The predicted octanol–water partition coefficient (Wildman–Crippen LogP) is 3.86. The van der Waals surface area contributed by atoms with Crippen LogP contribution in [0.5, 0.6) is 0 Å². The summed E-state index contributed by atoms with van der Waals surface area (Å²) in [6.07, 6.45) is 0. The summed E-state index contributed by atoms with van der Waals surface area (Å²) in [5, 5.41) is 0. The maximum absolute atomic E-state index is 11.2. The number of nitrogens with zero attached hydrogens (tertiary/aromatic N) is 1. The van der Waals surface area contributed by atoms with Crippen molar-refractivity contribution in [3.8, 4) is 11.1 Å². The second-order valence-electron chi connectivity index (χ2n) is 3.72. The second kappa shape index (κ2) is 5.02. The van der Waals surface area contributed by atoms with Crippen molar-refractivity contribution in [2.45, 2.75) is 6.92 Å². The van der Waals surface area contributed by atoms with Crippen LogP contribution in [0, 0.1) is 0 Å². The molecule has 1 amide bonds.